The number of nitrogens with one attached hydrogen (secondary N) is 2. The van der Waals surface area contributed by atoms with Gasteiger partial charge in [-0.2, -0.15) is 0 Å². The molecule has 0 radical (unpaired) electrons. The molecule has 2 heterocycles. The molecule has 0 atom stereocenters. The molecule has 2 N–H and O–H groups in total. The molecule has 0 spiro atoms. The third-order valence-corrected chi connectivity index (χ3v) is 5.60. The van der Waals surface area contributed by atoms with E-state index in [1.165, 1.54) is 24.3 Å². The van der Waals surface area contributed by atoms with Gasteiger partial charge in [0.15, 0.2) is 10.9 Å². The Labute approximate surface area is 177 Å². The van der Waals surface area contributed by atoms with E-state index in [1.54, 1.807) is 24.3 Å². The smallest absolute Gasteiger partial charge is 0.252 e. The molecule has 0 amide bonds. The summed E-state index contributed by atoms with van der Waals surface area (Å²) in [5.41, 5.74) is 1.84. The first-order valence-corrected chi connectivity index (χ1v) is 9.58. The Morgan fingerprint density at radius 2 is 0.933 bits per heavy atom. The second-order valence-corrected chi connectivity index (χ2v) is 7.61. The maximum absolute atomic E-state index is 13.1. The normalized spacial score (nSPS) is 11.5. The lowest BCUT2D eigenvalue weighted by Gasteiger charge is -2.08. The van der Waals surface area contributed by atoms with E-state index >= 15 is 0 Å². The van der Waals surface area contributed by atoms with Crippen molar-refractivity contribution in [2.24, 2.45) is 0 Å². The van der Waals surface area contributed by atoms with E-state index in [4.69, 9.17) is 23.2 Å². The molecule has 5 rings (SSSR count). The Morgan fingerprint density at radius 3 is 1.30 bits per heavy atom. The molecular formula is C22H10Cl2N2O4. The first-order chi connectivity index (χ1) is 14.3. The van der Waals surface area contributed by atoms with Gasteiger partial charge in [-0.15, -0.1) is 0 Å². The average Bonchev–Trinajstić information content (AvgIpc) is 2.73. The van der Waals surface area contributed by atoms with Crippen LogP contribution < -0.4 is 10.9 Å². The summed E-state index contributed by atoms with van der Waals surface area (Å²) in [5, 5.41) is 0.0537. The summed E-state index contributed by atoms with van der Waals surface area (Å²) < 4.78 is 0. The lowest BCUT2D eigenvalue weighted by Crippen LogP contribution is -2.09. The highest BCUT2D eigenvalue weighted by Crippen LogP contribution is 2.23. The molecule has 0 aliphatic carbocycles. The van der Waals surface area contributed by atoms with Crippen LogP contribution >= 0.6 is 23.2 Å². The lowest BCUT2D eigenvalue weighted by atomic mass is 10.0. The van der Waals surface area contributed by atoms with Crippen LogP contribution in [-0.2, 0) is 0 Å². The van der Waals surface area contributed by atoms with E-state index in [2.05, 4.69) is 9.97 Å². The minimum Gasteiger partial charge on any atom is -0.354 e. The number of aromatic amines is 2. The molecule has 30 heavy (non-hydrogen) atoms. The van der Waals surface area contributed by atoms with Crippen molar-refractivity contribution < 1.29 is 9.59 Å². The summed E-state index contributed by atoms with van der Waals surface area (Å²) in [6.07, 6.45) is 0. The molecule has 0 saturated carbocycles. The van der Waals surface area contributed by atoms with E-state index in [9.17, 15) is 19.2 Å². The lowest BCUT2D eigenvalue weighted by molar-refractivity contribution is 0.107. The van der Waals surface area contributed by atoms with Crippen molar-refractivity contribution in [3.05, 3.63) is 80.1 Å². The van der Waals surface area contributed by atoms with Crippen LogP contribution in [0.3, 0.4) is 0 Å². The van der Waals surface area contributed by atoms with Crippen LogP contribution in [0.2, 0.25) is 0 Å². The number of H-pyrrole nitrogens is 2. The monoisotopic (exact) mass is 436 g/mol. The van der Waals surface area contributed by atoms with Gasteiger partial charge in [0.2, 0.25) is 0 Å². The summed E-state index contributed by atoms with van der Waals surface area (Å²) in [6, 6.07) is 12.3. The van der Waals surface area contributed by atoms with Crippen LogP contribution in [0.1, 0.15) is 20.7 Å². The third-order valence-electron chi connectivity index (χ3n) is 5.17. The number of halogens is 2. The van der Waals surface area contributed by atoms with Crippen LogP contribution in [0.25, 0.3) is 43.6 Å². The molecule has 3 aromatic carbocycles. The van der Waals surface area contributed by atoms with Crippen molar-refractivity contribution in [3.63, 3.8) is 0 Å². The van der Waals surface area contributed by atoms with Crippen molar-refractivity contribution in [2.45, 2.75) is 0 Å². The minimum absolute atomic E-state index is 0.221. The summed E-state index contributed by atoms with van der Waals surface area (Å²) >= 11 is 11.1. The van der Waals surface area contributed by atoms with Crippen LogP contribution in [-0.4, -0.2) is 20.5 Å². The SMILES string of the molecule is O=C(Cl)c1ccc2[nH]c3cc4c(=O)c5cc(C(=O)Cl)ccc5[nH]c4cc3c(=O)c2c1. The van der Waals surface area contributed by atoms with Crippen molar-refractivity contribution in [1.29, 1.82) is 0 Å². The van der Waals surface area contributed by atoms with Gasteiger partial charge in [0.05, 0.1) is 11.0 Å². The Morgan fingerprint density at radius 1 is 0.567 bits per heavy atom. The van der Waals surface area contributed by atoms with Gasteiger partial charge in [0.1, 0.15) is 0 Å². The van der Waals surface area contributed by atoms with Crippen LogP contribution in [0.4, 0.5) is 0 Å². The van der Waals surface area contributed by atoms with Gasteiger partial charge in [-0.25, -0.2) is 0 Å². The molecule has 0 bridgehead atoms. The molecule has 0 unspecified atom stereocenters. The summed E-state index contributed by atoms with van der Waals surface area (Å²) in [7, 11) is 0. The maximum atomic E-state index is 13.1. The molecule has 2 aromatic heterocycles. The minimum atomic E-state index is -0.652. The Hall–Kier alpha value is -3.48. The highest BCUT2D eigenvalue weighted by atomic mass is 35.5. The second kappa shape index (κ2) is 6.52. The molecule has 0 aliphatic heterocycles. The quantitative estimate of drug-likeness (QED) is 0.315. The van der Waals surface area contributed by atoms with Gasteiger partial charge in [-0.3, -0.25) is 19.2 Å². The van der Waals surface area contributed by atoms with Crippen LogP contribution in [0, 0.1) is 0 Å². The molecule has 8 heteroatoms. The molecule has 146 valence electrons. The molecule has 5 aromatic rings. The predicted octanol–water partition coefficient (Wildman–Crippen LogP) is 4.43. The fourth-order valence-corrected chi connectivity index (χ4v) is 3.92. The fourth-order valence-electron chi connectivity index (χ4n) is 3.69. The number of hydrogen-bond donors (Lipinski definition) is 2. The number of carbonyl (C=O) groups is 2. The zero-order valence-electron chi connectivity index (χ0n) is 15.0. The number of carbonyl (C=O) groups excluding carboxylic acids is 2. The average molecular weight is 437 g/mol. The first-order valence-electron chi connectivity index (χ1n) is 8.83. The van der Waals surface area contributed by atoms with Gasteiger partial charge in [0, 0.05) is 43.7 Å². The third kappa shape index (κ3) is 2.73. The van der Waals surface area contributed by atoms with Gasteiger partial charge in [-0.1, -0.05) is 0 Å². The molecule has 0 saturated heterocycles. The molecular weight excluding hydrogens is 427 g/mol. The van der Waals surface area contributed by atoms with E-state index in [0.29, 0.717) is 43.6 Å². The Bertz CT molecular complexity index is 1570. The Balaban J connectivity index is 1.89. The number of aromatic nitrogens is 2. The summed E-state index contributed by atoms with van der Waals surface area (Å²) in [6.45, 7) is 0. The zero-order valence-corrected chi connectivity index (χ0v) is 16.5. The topological polar surface area (TPSA) is 99.9 Å². The van der Waals surface area contributed by atoms with Crippen molar-refractivity contribution in [3.8, 4) is 0 Å². The number of benzene rings is 3. The number of pyridine rings is 2. The van der Waals surface area contributed by atoms with E-state index in [0.717, 1.165) is 0 Å². The van der Waals surface area contributed by atoms with Crippen LogP contribution in [0.15, 0.2) is 58.1 Å². The van der Waals surface area contributed by atoms with E-state index in [1.807, 2.05) is 0 Å². The van der Waals surface area contributed by atoms with Gasteiger partial charge in [-0.05, 0) is 71.7 Å². The maximum Gasteiger partial charge on any atom is 0.252 e. The standard InChI is InChI=1S/C22H10Cl2N2O4/c23-21(29)9-1-3-15-11(5-9)19(27)13-8-18-14(7-17(13)25-15)20(28)12-6-10(22(24)30)2-4-16(12)26-18/h1-8H,(H,25,27)(H,26,28). The second-order valence-electron chi connectivity index (χ2n) is 6.92. The molecule has 0 fully saturated rings. The number of rotatable bonds is 2. The Kier molecular flexibility index (Phi) is 4.03. The molecule has 0 aliphatic rings. The first kappa shape index (κ1) is 18.5. The predicted molar refractivity (Wildman–Crippen MR) is 118 cm³/mol. The number of fused-ring (bicyclic) bond motifs is 4. The van der Waals surface area contributed by atoms with Gasteiger partial charge < -0.3 is 9.97 Å². The van der Waals surface area contributed by atoms with Crippen LogP contribution in [0.5, 0.6) is 0 Å². The van der Waals surface area contributed by atoms with Gasteiger partial charge in [0.25, 0.3) is 10.5 Å². The molecule has 6 nitrogen and oxygen atoms in total. The van der Waals surface area contributed by atoms with Gasteiger partial charge >= 0.3 is 0 Å². The fraction of sp³-hybridized carbons (Fsp3) is 0. The largest absolute Gasteiger partial charge is 0.354 e. The summed E-state index contributed by atoms with van der Waals surface area (Å²) in [4.78, 5) is 55.3. The van der Waals surface area contributed by atoms with E-state index < -0.39 is 10.5 Å². The van der Waals surface area contributed by atoms with Crippen molar-refractivity contribution >= 4 is 77.3 Å². The van der Waals surface area contributed by atoms with Crippen molar-refractivity contribution in [2.75, 3.05) is 0 Å². The number of hydrogen-bond acceptors (Lipinski definition) is 4. The zero-order chi connectivity index (χ0) is 21.2. The van der Waals surface area contributed by atoms with E-state index in [-0.39, 0.29) is 22.0 Å². The highest BCUT2D eigenvalue weighted by Gasteiger charge is 2.13. The van der Waals surface area contributed by atoms with Crippen molar-refractivity contribution in [1.82, 2.24) is 9.97 Å². The highest BCUT2D eigenvalue weighted by molar-refractivity contribution is 6.68. The summed E-state index contributed by atoms with van der Waals surface area (Å²) in [5.74, 6) is 0.